The van der Waals surface area contributed by atoms with E-state index in [1.807, 2.05) is 32.0 Å². The summed E-state index contributed by atoms with van der Waals surface area (Å²) in [4.78, 5) is 6.62. The summed E-state index contributed by atoms with van der Waals surface area (Å²) in [5.74, 6) is 2.43. The highest BCUT2D eigenvalue weighted by atomic mass is 35.5. The van der Waals surface area contributed by atoms with E-state index in [4.69, 9.17) is 20.9 Å². The summed E-state index contributed by atoms with van der Waals surface area (Å²) in [6.45, 7) is 6.26. The molecule has 0 saturated carbocycles. The van der Waals surface area contributed by atoms with Crippen LogP contribution in [0.3, 0.4) is 0 Å². The summed E-state index contributed by atoms with van der Waals surface area (Å²) >= 11 is 6.17. The van der Waals surface area contributed by atoms with Gasteiger partial charge in [-0.2, -0.15) is 0 Å². The van der Waals surface area contributed by atoms with Crippen molar-refractivity contribution in [3.8, 4) is 5.75 Å². The number of nitrogens with one attached hydrogen (secondary N) is 2. The first-order chi connectivity index (χ1) is 13.0. The number of anilines is 1. The van der Waals surface area contributed by atoms with Crippen LogP contribution in [0.4, 0.5) is 5.69 Å². The zero-order valence-corrected chi connectivity index (χ0v) is 16.9. The van der Waals surface area contributed by atoms with Crippen molar-refractivity contribution in [2.45, 2.75) is 32.9 Å². The Kier molecular flexibility index (Phi) is 6.11. The zero-order valence-electron chi connectivity index (χ0n) is 16.2. The summed E-state index contributed by atoms with van der Waals surface area (Å²) in [6, 6.07) is 5.98. The van der Waals surface area contributed by atoms with Gasteiger partial charge in [-0.1, -0.05) is 16.8 Å². The Morgan fingerprint density at radius 2 is 2.26 bits per heavy atom. The maximum absolute atomic E-state index is 6.17. The smallest absolute Gasteiger partial charge is 0.191 e. The van der Waals surface area contributed by atoms with Gasteiger partial charge in [0.15, 0.2) is 5.96 Å². The van der Waals surface area contributed by atoms with Crippen LogP contribution in [0.25, 0.3) is 0 Å². The molecule has 1 saturated heterocycles. The number of methoxy groups -OCH3 is 1. The van der Waals surface area contributed by atoms with E-state index in [1.165, 1.54) is 0 Å². The van der Waals surface area contributed by atoms with Gasteiger partial charge in [0.1, 0.15) is 11.5 Å². The highest BCUT2D eigenvalue weighted by molar-refractivity contribution is 6.30. The van der Waals surface area contributed by atoms with Crippen LogP contribution in [0, 0.1) is 13.8 Å². The van der Waals surface area contributed by atoms with Crippen LogP contribution in [-0.2, 0) is 6.54 Å². The molecule has 1 aromatic carbocycles. The fourth-order valence-electron chi connectivity index (χ4n) is 3.32. The molecule has 146 valence electrons. The van der Waals surface area contributed by atoms with Crippen LogP contribution in [0.5, 0.6) is 5.75 Å². The van der Waals surface area contributed by atoms with Crippen molar-refractivity contribution in [1.82, 2.24) is 15.8 Å². The Morgan fingerprint density at radius 3 is 2.93 bits per heavy atom. The number of aliphatic imine (C=N–C) groups is 1. The molecule has 0 amide bonds. The van der Waals surface area contributed by atoms with Crippen molar-refractivity contribution < 1.29 is 9.26 Å². The molecule has 1 atom stereocenters. The standard InChI is InChI=1S/C19H26ClN5O2/c1-12-16(13(2)27-24-12)10-22-19(21-3)23-15-7-8-25(11-15)17-9-14(20)5-6-18(17)26-4/h5-6,9,15H,7-8,10-11H2,1-4H3,(H2,21,22,23). The minimum atomic E-state index is 0.282. The summed E-state index contributed by atoms with van der Waals surface area (Å²) in [6.07, 6.45) is 1.00. The number of aryl methyl sites for hydroxylation is 2. The number of ether oxygens (including phenoxy) is 1. The van der Waals surface area contributed by atoms with Gasteiger partial charge < -0.3 is 24.8 Å². The van der Waals surface area contributed by atoms with Gasteiger partial charge in [-0.25, -0.2) is 0 Å². The highest BCUT2D eigenvalue weighted by Crippen LogP contribution is 2.33. The SMILES string of the molecule is CN=C(NCc1c(C)noc1C)NC1CCN(c2cc(Cl)ccc2OC)C1. The molecule has 2 N–H and O–H groups in total. The lowest BCUT2D eigenvalue weighted by molar-refractivity contribution is 0.392. The van der Waals surface area contributed by atoms with Gasteiger partial charge in [0.2, 0.25) is 0 Å². The quantitative estimate of drug-likeness (QED) is 0.603. The van der Waals surface area contributed by atoms with Gasteiger partial charge in [0, 0.05) is 43.3 Å². The van der Waals surface area contributed by atoms with Crippen molar-refractivity contribution in [2.75, 3.05) is 32.1 Å². The van der Waals surface area contributed by atoms with Crippen LogP contribution in [0.2, 0.25) is 5.02 Å². The number of rotatable bonds is 5. The van der Waals surface area contributed by atoms with Crippen molar-refractivity contribution in [1.29, 1.82) is 0 Å². The number of guanidine groups is 1. The maximum Gasteiger partial charge on any atom is 0.191 e. The third-order valence-electron chi connectivity index (χ3n) is 4.85. The monoisotopic (exact) mass is 391 g/mol. The molecule has 2 aromatic rings. The lowest BCUT2D eigenvalue weighted by atomic mass is 10.2. The molecule has 1 fully saturated rings. The minimum Gasteiger partial charge on any atom is -0.495 e. The van der Waals surface area contributed by atoms with E-state index < -0.39 is 0 Å². The average Bonchev–Trinajstić information content (AvgIpc) is 3.25. The van der Waals surface area contributed by atoms with Gasteiger partial charge in [-0.05, 0) is 38.5 Å². The molecule has 1 aliphatic heterocycles. The Balaban J connectivity index is 1.59. The van der Waals surface area contributed by atoms with Crippen molar-refractivity contribution in [2.24, 2.45) is 4.99 Å². The van der Waals surface area contributed by atoms with Crippen molar-refractivity contribution >= 4 is 23.2 Å². The number of hydrogen-bond donors (Lipinski definition) is 2. The third-order valence-corrected chi connectivity index (χ3v) is 5.08. The summed E-state index contributed by atoms with van der Waals surface area (Å²) < 4.78 is 10.7. The molecule has 27 heavy (non-hydrogen) atoms. The van der Waals surface area contributed by atoms with Crippen molar-refractivity contribution in [3.05, 3.63) is 40.2 Å². The second kappa shape index (κ2) is 8.52. The summed E-state index contributed by atoms with van der Waals surface area (Å²) in [5, 5.41) is 11.5. The lowest BCUT2D eigenvalue weighted by Gasteiger charge is -2.22. The summed E-state index contributed by atoms with van der Waals surface area (Å²) in [7, 11) is 3.45. The first kappa shape index (κ1) is 19.4. The molecule has 1 aromatic heterocycles. The Labute approximate surface area is 164 Å². The van der Waals surface area contributed by atoms with Crippen molar-refractivity contribution in [3.63, 3.8) is 0 Å². The van der Waals surface area contributed by atoms with Gasteiger partial charge in [0.05, 0.1) is 18.5 Å². The highest BCUT2D eigenvalue weighted by Gasteiger charge is 2.25. The summed E-state index contributed by atoms with van der Waals surface area (Å²) in [5.41, 5.74) is 2.98. The average molecular weight is 392 g/mol. The van der Waals surface area contributed by atoms with Crippen LogP contribution < -0.4 is 20.3 Å². The molecule has 2 heterocycles. The van der Waals surface area contributed by atoms with E-state index in [2.05, 4.69) is 25.7 Å². The predicted molar refractivity (Wildman–Crippen MR) is 108 cm³/mol. The van der Waals surface area contributed by atoms with Crippen LogP contribution in [0.1, 0.15) is 23.4 Å². The fourth-order valence-corrected chi connectivity index (χ4v) is 3.49. The topological polar surface area (TPSA) is 74.9 Å². The molecule has 8 heteroatoms. The van der Waals surface area contributed by atoms with E-state index in [0.29, 0.717) is 11.6 Å². The first-order valence-electron chi connectivity index (χ1n) is 8.99. The zero-order chi connectivity index (χ0) is 19.4. The van der Waals surface area contributed by atoms with E-state index in [-0.39, 0.29) is 6.04 Å². The maximum atomic E-state index is 6.17. The number of hydrogen-bond acceptors (Lipinski definition) is 5. The second-order valence-electron chi connectivity index (χ2n) is 6.62. The van der Waals surface area contributed by atoms with E-state index in [0.717, 1.165) is 53.9 Å². The normalized spacial score (nSPS) is 17.3. The van der Waals surface area contributed by atoms with E-state index >= 15 is 0 Å². The molecule has 0 aliphatic carbocycles. The number of nitrogens with zero attached hydrogens (tertiary/aromatic N) is 3. The van der Waals surface area contributed by atoms with Gasteiger partial charge >= 0.3 is 0 Å². The lowest BCUT2D eigenvalue weighted by Crippen LogP contribution is -2.44. The molecule has 3 rings (SSSR count). The van der Waals surface area contributed by atoms with Gasteiger partial charge in [0.25, 0.3) is 0 Å². The van der Waals surface area contributed by atoms with Gasteiger partial charge in [-0.3, -0.25) is 4.99 Å². The molecule has 1 aliphatic rings. The van der Waals surface area contributed by atoms with Gasteiger partial charge in [-0.15, -0.1) is 0 Å². The molecular formula is C19H26ClN5O2. The molecule has 1 unspecified atom stereocenters. The predicted octanol–water partition coefficient (Wildman–Crippen LogP) is 2.90. The minimum absolute atomic E-state index is 0.282. The Hall–Kier alpha value is -2.41. The van der Waals surface area contributed by atoms with Crippen LogP contribution in [-0.4, -0.2) is 44.4 Å². The second-order valence-corrected chi connectivity index (χ2v) is 7.06. The van der Waals surface area contributed by atoms with Crippen LogP contribution >= 0.6 is 11.6 Å². The molecule has 7 nitrogen and oxygen atoms in total. The Morgan fingerprint density at radius 1 is 1.44 bits per heavy atom. The molecule has 0 spiro atoms. The first-order valence-corrected chi connectivity index (χ1v) is 9.37. The molecule has 0 bridgehead atoms. The van der Waals surface area contributed by atoms with Crippen LogP contribution in [0.15, 0.2) is 27.7 Å². The third kappa shape index (κ3) is 4.47. The Bertz CT molecular complexity index is 801. The number of benzene rings is 1. The largest absolute Gasteiger partial charge is 0.495 e. The number of aromatic nitrogens is 1. The molecular weight excluding hydrogens is 366 g/mol. The van der Waals surface area contributed by atoms with E-state index in [9.17, 15) is 0 Å². The number of halogens is 1. The molecule has 0 radical (unpaired) electrons. The fraction of sp³-hybridized carbons (Fsp3) is 0.474. The van der Waals surface area contributed by atoms with E-state index in [1.54, 1.807) is 14.2 Å².